The molecular weight excluding hydrogens is 187 g/mol. The Morgan fingerprint density at radius 1 is 1.50 bits per heavy atom. The van der Waals surface area contributed by atoms with Crippen LogP contribution in [0.25, 0.3) is 0 Å². The highest BCUT2D eigenvalue weighted by molar-refractivity contribution is 5.90. The van der Waals surface area contributed by atoms with Gasteiger partial charge in [-0.3, -0.25) is 4.90 Å². The van der Waals surface area contributed by atoms with E-state index in [1.54, 1.807) is 6.07 Å². The number of rotatable bonds is 1. The van der Waals surface area contributed by atoms with Crippen molar-refractivity contribution in [1.29, 1.82) is 0 Å². The fourth-order valence-corrected chi connectivity index (χ4v) is 1.36. The van der Waals surface area contributed by atoms with Gasteiger partial charge in [-0.1, -0.05) is 6.07 Å². The zero-order valence-electron chi connectivity index (χ0n) is 7.37. The van der Waals surface area contributed by atoms with Gasteiger partial charge in [-0.25, -0.2) is 9.18 Å². The molecule has 0 spiro atoms. The minimum absolute atomic E-state index is 0.0298. The molecule has 2 rings (SSSR count). The number of carbonyl (C=O) groups is 1. The number of amides is 1. The fraction of sp³-hybridized carbons (Fsp3) is 0.222. The lowest BCUT2D eigenvalue weighted by molar-refractivity contribution is 0.181. The maximum absolute atomic E-state index is 13.5. The van der Waals surface area contributed by atoms with Crippen molar-refractivity contribution in [3.8, 4) is 0 Å². The molecule has 14 heavy (non-hydrogen) atoms. The quantitative estimate of drug-likeness (QED) is 0.690. The molecule has 0 saturated carbocycles. The highest BCUT2D eigenvalue weighted by atomic mass is 19.1. The molecule has 0 atom stereocenters. The van der Waals surface area contributed by atoms with Gasteiger partial charge in [0.05, 0.1) is 17.9 Å². The maximum atomic E-state index is 13.5. The molecule has 0 aliphatic carbocycles. The Morgan fingerprint density at radius 3 is 2.93 bits per heavy atom. The van der Waals surface area contributed by atoms with Gasteiger partial charge in [-0.05, 0) is 12.1 Å². The summed E-state index contributed by atoms with van der Waals surface area (Å²) < 4.78 is 18.1. The second kappa shape index (κ2) is 3.17. The van der Waals surface area contributed by atoms with Crippen LogP contribution >= 0.6 is 0 Å². The molecule has 4 nitrogen and oxygen atoms in total. The van der Waals surface area contributed by atoms with Crippen molar-refractivity contribution < 1.29 is 13.9 Å². The van der Waals surface area contributed by atoms with E-state index in [2.05, 4.69) is 0 Å². The normalized spacial score (nSPS) is 15.8. The van der Waals surface area contributed by atoms with Gasteiger partial charge in [0.2, 0.25) is 0 Å². The minimum atomic E-state index is -0.577. The van der Waals surface area contributed by atoms with Crippen LogP contribution in [0, 0.1) is 5.82 Å². The monoisotopic (exact) mass is 196 g/mol. The first-order chi connectivity index (χ1) is 6.70. The van der Waals surface area contributed by atoms with Crippen LogP contribution in [-0.2, 0) is 4.74 Å². The van der Waals surface area contributed by atoms with E-state index in [1.165, 1.54) is 17.0 Å². The van der Waals surface area contributed by atoms with E-state index in [1.807, 2.05) is 0 Å². The molecule has 1 aliphatic rings. The van der Waals surface area contributed by atoms with Gasteiger partial charge in [-0.2, -0.15) is 0 Å². The summed E-state index contributed by atoms with van der Waals surface area (Å²) in [6.07, 6.45) is -0.533. The largest absolute Gasteiger partial charge is 0.447 e. The number of nitrogen functional groups attached to an aromatic ring is 1. The number of anilines is 2. The summed E-state index contributed by atoms with van der Waals surface area (Å²) in [7, 11) is 0. The van der Waals surface area contributed by atoms with E-state index in [-0.39, 0.29) is 18.0 Å². The molecule has 0 bridgehead atoms. The molecule has 5 heteroatoms. The second-order valence-corrected chi connectivity index (χ2v) is 2.95. The molecule has 1 amide bonds. The van der Waals surface area contributed by atoms with Crippen LogP contribution in [0.3, 0.4) is 0 Å². The van der Waals surface area contributed by atoms with Crippen LogP contribution in [0.5, 0.6) is 0 Å². The third-order valence-corrected chi connectivity index (χ3v) is 2.06. The maximum Gasteiger partial charge on any atom is 0.414 e. The number of benzene rings is 1. The van der Waals surface area contributed by atoms with E-state index in [4.69, 9.17) is 10.5 Å². The van der Waals surface area contributed by atoms with E-state index < -0.39 is 11.9 Å². The molecule has 0 radical (unpaired) electrons. The van der Waals surface area contributed by atoms with Crippen molar-refractivity contribution in [3.05, 3.63) is 24.0 Å². The number of hydrogen-bond acceptors (Lipinski definition) is 3. The molecule has 1 heterocycles. The predicted molar refractivity (Wildman–Crippen MR) is 49.5 cm³/mol. The van der Waals surface area contributed by atoms with Crippen LogP contribution in [0.2, 0.25) is 0 Å². The van der Waals surface area contributed by atoms with Crippen molar-refractivity contribution in [3.63, 3.8) is 0 Å². The van der Waals surface area contributed by atoms with Crippen molar-refractivity contribution in [2.75, 3.05) is 23.8 Å². The Bertz CT molecular complexity index is 381. The first-order valence-corrected chi connectivity index (χ1v) is 4.18. The SMILES string of the molecule is Nc1cccc(N2CCOC2=O)c1F. The predicted octanol–water partition coefficient (Wildman–Crippen LogP) is 1.36. The summed E-state index contributed by atoms with van der Waals surface area (Å²) in [5.74, 6) is -0.577. The number of cyclic esters (lactones) is 1. The molecule has 0 aromatic heterocycles. The smallest absolute Gasteiger partial charge is 0.414 e. The first kappa shape index (κ1) is 8.80. The Balaban J connectivity index is 2.41. The zero-order valence-corrected chi connectivity index (χ0v) is 7.37. The number of nitrogens with two attached hydrogens (primary N) is 1. The number of nitrogens with zero attached hydrogens (tertiary/aromatic N) is 1. The van der Waals surface area contributed by atoms with Crippen molar-refractivity contribution in [1.82, 2.24) is 0 Å². The van der Waals surface area contributed by atoms with Crippen LogP contribution in [-0.4, -0.2) is 19.2 Å². The van der Waals surface area contributed by atoms with E-state index in [0.29, 0.717) is 6.54 Å². The van der Waals surface area contributed by atoms with Crippen LogP contribution < -0.4 is 10.6 Å². The average molecular weight is 196 g/mol. The summed E-state index contributed by atoms with van der Waals surface area (Å²) in [5.41, 5.74) is 5.58. The molecule has 74 valence electrons. The van der Waals surface area contributed by atoms with Gasteiger partial charge in [0.1, 0.15) is 6.61 Å². The second-order valence-electron chi connectivity index (χ2n) is 2.95. The summed E-state index contributed by atoms with van der Waals surface area (Å²) in [6, 6.07) is 4.54. The van der Waals surface area contributed by atoms with E-state index >= 15 is 0 Å². The van der Waals surface area contributed by atoms with Crippen molar-refractivity contribution in [2.45, 2.75) is 0 Å². The molecule has 0 unspecified atom stereocenters. The Kier molecular flexibility index (Phi) is 1.99. The number of ether oxygens (including phenoxy) is 1. The average Bonchev–Trinajstić information content (AvgIpc) is 2.57. The van der Waals surface area contributed by atoms with Gasteiger partial charge in [0.25, 0.3) is 0 Å². The topological polar surface area (TPSA) is 55.6 Å². The standard InChI is InChI=1S/C9H9FN2O2/c10-8-6(11)2-1-3-7(8)12-4-5-14-9(12)13/h1-3H,4-5,11H2. The van der Waals surface area contributed by atoms with Gasteiger partial charge in [0.15, 0.2) is 5.82 Å². The van der Waals surface area contributed by atoms with Crippen LogP contribution in [0.4, 0.5) is 20.6 Å². The van der Waals surface area contributed by atoms with Gasteiger partial charge >= 0.3 is 6.09 Å². The molecule has 1 aromatic rings. The molecule has 2 N–H and O–H groups in total. The van der Waals surface area contributed by atoms with Gasteiger partial charge in [-0.15, -0.1) is 0 Å². The number of hydrogen-bond donors (Lipinski definition) is 1. The van der Waals surface area contributed by atoms with Gasteiger partial charge < -0.3 is 10.5 Å². The third-order valence-electron chi connectivity index (χ3n) is 2.06. The number of carbonyl (C=O) groups excluding carboxylic acids is 1. The van der Waals surface area contributed by atoms with Crippen LogP contribution in [0.15, 0.2) is 18.2 Å². The summed E-state index contributed by atoms with van der Waals surface area (Å²) in [5, 5.41) is 0. The lowest BCUT2D eigenvalue weighted by Gasteiger charge is -2.13. The Morgan fingerprint density at radius 2 is 2.29 bits per heavy atom. The summed E-state index contributed by atoms with van der Waals surface area (Å²) in [4.78, 5) is 12.4. The summed E-state index contributed by atoms with van der Waals surface area (Å²) in [6.45, 7) is 0.645. The lowest BCUT2D eigenvalue weighted by atomic mass is 10.2. The first-order valence-electron chi connectivity index (χ1n) is 4.18. The molecule has 1 aromatic carbocycles. The summed E-state index contributed by atoms with van der Waals surface area (Å²) >= 11 is 0. The fourth-order valence-electron chi connectivity index (χ4n) is 1.36. The van der Waals surface area contributed by atoms with E-state index in [9.17, 15) is 9.18 Å². The minimum Gasteiger partial charge on any atom is -0.447 e. The van der Waals surface area contributed by atoms with Crippen molar-refractivity contribution >= 4 is 17.5 Å². The Labute approximate surface area is 80.1 Å². The third kappa shape index (κ3) is 1.26. The molecule has 1 saturated heterocycles. The van der Waals surface area contributed by atoms with E-state index in [0.717, 1.165) is 0 Å². The van der Waals surface area contributed by atoms with Gasteiger partial charge in [0, 0.05) is 0 Å². The molecule has 1 aliphatic heterocycles. The lowest BCUT2D eigenvalue weighted by Crippen LogP contribution is -2.24. The highest BCUT2D eigenvalue weighted by Gasteiger charge is 2.26. The Hall–Kier alpha value is -1.78. The molecular formula is C9H9FN2O2. The van der Waals surface area contributed by atoms with Crippen molar-refractivity contribution in [2.24, 2.45) is 0 Å². The molecule has 1 fully saturated rings. The highest BCUT2D eigenvalue weighted by Crippen LogP contribution is 2.25. The van der Waals surface area contributed by atoms with Crippen LogP contribution in [0.1, 0.15) is 0 Å². The number of halogens is 1. The zero-order chi connectivity index (χ0) is 10.1.